The lowest BCUT2D eigenvalue weighted by molar-refractivity contribution is -0.134. The number of hydrogen-bond donors (Lipinski definition) is 1. The molecule has 0 aliphatic carbocycles. The van der Waals surface area contributed by atoms with Crippen LogP contribution in [0.15, 0.2) is 0 Å². The molecule has 0 aliphatic rings. The molecule has 0 aromatic carbocycles. The Morgan fingerprint density at radius 3 is 1.38 bits per heavy atom. The first kappa shape index (κ1) is 35.8. The van der Waals surface area contributed by atoms with Crippen molar-refractivity contribution in [2.24, 2.45) is 5.73 Å². The van der Waals surface area contributed by atoms with Crippen LogP contribution in [0.25, 0.3) is 0 Å². The summed E-state index contributed by atoms with van der Waals surface area (Å²) in [6.45, 7) is 6.73. The van der Waals surface area contributed by atoms with Gasteiger partial charge in [-0.15, -0.1) is 0 Å². The molecule has 8 heteroatoms. The minimum atomic E-state index is 0.0217. The van der Waals surface area contributed by atoms with Crippen molar-refractivity contribution < 1.29 is 23.8 Å². The van der Waals surface area contributed by atoms with E-state index in [4.69, 9.17) is 19.9 Å². The number of ether oxygens (including phenoxy) is 3. The highest BCUT2D eigenvalue weighted by Crippen LogP contribution is 2.13. The van der Waals surface area contributed by atoms with Crippen LogP contribution in [0.1, 0.15) is 103 Å². The minimum Gasteiger partial charge on any atom is -0.379 e. The van der Waals surface area contributed by atoms with E-state index in [9.17, 15) is 9.59 Å². The van der Waals surface area contributed by atoms with Crippen molar-refractivity contribution >= 4 is 11.8 Å². The van der Waals surface area contributed by atoms with E-state index in [0.29, 0.717) is 72.1 Å². The van der Waals surface area contributed by atoms with Crippen LogP contribution in [-0.2, 0) is 23.8 Å². The van der Waals surface area contributed by atoms with Gasteiger partial charge < -0.3 is 29.7 Å². The van der Waals surface area contributed by atoms with Crippen LogP contribution in [0.3, 0.4) is 0 Å². The number of unbranched alkanes of at least 4 members (excludes halogenated alkanes) is 12. The van der Waals surface area contributed by atoms with E-state index in [0.717, 1.165) is 12.8 Å². The lowest BCUT2D eigenvalue weighted by Gasteiger charge is -2.22. The zero-order chi connectivity index (χ0) is 27.4. The Hall–Kier alpha value is -1.22. The van der Waals surface area contributed by atoms with Crippen molar-refractivity contribution in [2.75, 3.05) is 73.4 Å². The maximum Gasteiger partial charge on any atom is 0.224 e. The van der Waals surface area contributed by atoms with Gasteiger partial charge in [0.25, 0.3) is 0 Å². The summed E-state index contributed by atoms with van der Waals surface area (Å²) >= 11 is 0. The third kappa shape index (κ3) is 24.9. The molecule has 0 aromatic heterocycles. The minimum absolute atomic E-state index is 0.0217. The molecular weight excluding hydrogens is 470 g/mol. The molecule has 0 rings (SSSR count). The molecule has 0 spiro atoms. The highest BCUT2D eigenvalue weighted by molar-refractivity contribution is 5.77. The summed E-state index contributed by atoms with van der Waals surface area (Å²) in [7, 11) is 3.60. The van der Waals surface area contributed by atoms with Crippen molar-refractivity contribution in [1.29, 1.82) is 0 Å². The molecule has 8 nitrogen and oxygen atoms in total. The van der Waals surface area contributed by atoms with Crippen molar-refractivity contribution in [2.45, 2.75) is 103 Å². The Labute approximate surface area is 227 Å². The van der Waals surface area contributed by atoms with Gasteiger partial charge in [0.15, 0.2) is 0 Å². The normalized spacial score (nSPS) is 11.1. The number of likely N-dealkylation sites (N-methyl/N-ethyl adjacent to an activating group) is 2. The molecule has 220 valence electrons. The number of carbonyl (C=O) groups is 2. The highest BCUT2D eigenvalue weighted by atomic mass is 16.5. The van der Waals surface area contributed by atoms with Gasteiger partial charge in [0.1, 0.15) is 0 Å². The smallest absolute Gasteiger partial charge is 0.224 e. The van der Waals surface area contributed by atoms with E-state index in [-0.39, 0.29) is 11.8 Å². The van der Waals surface area contributed by atoms with Crippen LogP contribution in [0, 0.1) is 0 Å². The number of carbonyl (C=O) groups excluding carboxylic acids is 2. The lowest BCUT2D eigenvalue weighted by Crippen LogP contribution is -2.37. The summed E-state index contributed by atoms with van der Waals surface area (Å²) < 4.78 is 16.1. The summed E-state index contributed by atoms with van der Waals surface area (Å²) in [5.74, 6) is 0.189. The van der Waals surface area contributed by atoms with Crippen LogP contribution < -0.4 is 5.73 Å². The highest BCUT2D eigenvalue weighted by Gasteiger charge is 2.12. The molecule has 0 radical (unpaired) electrons. The molecule has 0 aliphatic heterocycles. The summed E-state index contributed by atoms with van der Waals surface area (Å²) in [4.78, 5) is 28.0. The van der Waals surface area contributed by atoms with Crippen LogP contribution in [0.4, 0.5) is 0 Å². The molecular formula is C29H59N3O5. The summed E-state index contributed by atoms with van der Waals surface area (Å²) in [5.41, 5.74) is 5.34. The first-order chi connectivity index (χ1) is 18.0. The lowest BCUT2D eigenvalue weighted by atomic mass is 10.0. The molecule has 0 saturated heterocycles. The first-order valence-electron chi connectivity index (χ1n) is 14.9. The molecule has 37 heavy (non-hydrogen) atoms. The van der Waals surface area contributed by atoms with Crippen LogP contribution >= 0.6 is 0 Å². The molecule has 0 atom stereocenters. The van der Waals surface area contributed by atoms with E-state index in [1.807, 2.05) is 7.05 Å². The number of amides is 2. The average molecular weight is 530 g/mol. The molecule has 2 N–H and O–H groups in total. The Balaban J connectivity index is 3.56. The number of nitrogens with zero attached hydrogens (tertiary/aromatic N) is 2. The second-order valence-electron chi connectivity index (χ2n) is 10.00. The van der Waals surface area contributed by atoms with Gasteiger partial charge in [-0.25, -0.2) is 0 Å². The van der Waals surface area contributed by atoms with Gasteiger partial charge in [0.2, 0.25) is 11.8 Å². The zero-order valence-electron chi connectivity index (χ0n) is 24.5. The van der Waals surface area contributed by atoms with Gasteiger partial charge in [-0.1, -0.05) is 84.0 Å². The summed E-state index contributed by atoms with van der Waals surface area (Å²) in [5, 5.41) is 0. The Bertz CT molecular complexity index is 522. The average Bonchev–Trinajstić information content (AvgIpc) is 2.90. The van der Waals surface area contributed by atoms with Crippen LogP contribution in [0.5, 0.6) is 0 Å². The fourth-order valence-electron chi connectivity index (χ4n) is 4.01. The first-order valence-corrected chi connectivity index (χ1v) is 14.9. The van der Waals surface area contributed by atoms with Gasteiger partial charge in [-0.3, -0.25) is 9.59 Å². The monoisotopic (exact) mass is 529 g/mol. The Morgan fingerprint density at radius 1 is 0.541 bits per heavy atom. The van der Waals surface area contributed by atoms with Gasteiger partial charge >= 0.3 is 0 Å². The fraction of sp³-hybridized carbons (Fsp3) is 0.931. The summed E-state index contributed by atoms with van der Waals surface area (Å²) in [6, 6.07) is 0. The fourth-order valence-corrected chi connectivity index (χ4v) is 4.01. The standard InChI is InChI=1S/C29H59N3O5/c1-4-5-6-7-8-9-10-11-12-13-14-15-16-17-28(33)31(2)20-21-32(3)29(34)18-22-35-24-26-37-27-25-36-23-19-30/h4-27,30H2,1-3H3. The predicted molar refractivity (Wildman–Crippen MR) is 152 cm³/mol. The third-order valence-electron chi connectivity index (χ3n) is 6.58. The molecule has 0 unspecified atom stereocenters. The van der Waals surface area contributed by atoms with Crippen LogP contribution in [-0.4, -0.2) is 95.0 Å². The van der Waals surface area contributed by atoms with E-state index in [2.05, 4.69) is 6.92 Å². The summed E-state index contributed by atoms with van der Waals surface area (Å²) in [6.07, 6.45) is 17.9. The largest absolute Gasteiger partial charge is 0.379 e. The second kappa shape index (κ2) is 27.8. The third-order valence-corrected chi connectivity index (χ3v) is 6.58. The zero-order valence-corrected chi connectivity index (χ0v) is 24.5. The molecule has 2 amide bonds. The Morgan fingerprint density at radius 2 is 0.919 bits per heavy atom. The predicted octanol–water partition coefficient (Wildman–Crippen LogP) is 4.78. The van der Waals surface area contributed by atoms with Crippen molar-refractivity contribution in [3.05, 3.63) is 0 Å². The molecule has 0 bridgehead atoms. The quantitative estimate of drug-likeness (QED) is 0.147. The van der Waals surface area contributed by atoms with Gasteiger partial charge in [-0.2, -0.15) is 0 Å². The van der Waals surface area contributed by atoms with Gasteiger partial charge in [0, 0.05) is 40.2 Å². The topological polar surface area (TPSA) is 94.3 Å². The number of rotatable bonds is 28. The molecule has 0 aromatic rings. The molecule has 0 fully saturated rings. The maximum absolute atomic E-state index is 12.4. The SMILES string of the molecule is CCCCCCCCCCCCCCCC(=O)N(C)CCN(C)C(=O)CCOCCOCCOCCN. The number of nitrogens with two attached hydrogens (primary N) is 1. The van der Waals surface area contributed by atoms with E-state index < -0.39 is 0 Å². The second-order valence-corrected chi connectivity index (χ2v) is 10.00. The molecule has 0 saturated carbocycles. The van der Waals surface area contributed by atoms with Crippen LogP contribution in [0.2, 0.25) is 0 Å². The molecule has 0 heterocycles. The Kier molecular flexibility index (Phi) is 26.9. The van der Waals surface area contributed by atoms with Crippen molar-refractivity contribution in [3.8, 4) is 0 Å². The van der Waals surface area contributed by atoms with Crippen molar-refractivity contribution in [1.82, 2.24) is 9.80 Å². The van der Waals surface area contributed by atoms with E-state index >= 15 is 0 Å². The van der Waals surface area contributed by atoms with E-state index in [1.165, 1.54) is 70.6 Å². The number of hydrogen-bond acceptors (Lipinski definition) is 6. The van der Waals surface area contributed by atoms with Crippen molar-refractivity contribution in [3.63, 3.8) is 0 Å². The maximum atomic E-state index is 12.4. The van der Waals surface area contributed by atoms with Gasteiger partial charge in [-0.05, 0) is 6.42 Å². The van der Waals surface area contributed by atoms with Gasteiger partial charge in [0.05, 0.1) is 46.1 Å². The van der Waals surface area contributed by atoms with E-state index in [1.54, 1.807) is 16.8 Å².